The molecule has 5 heteroatoms. The van der Waals surface area contributed by atoms with Crippen molar-refractivity contribution in [2.24, 2.45) is 11.8 Å². The number of hydrogen-bond donors (Lipinski definition) is 2. The molecule has 0 aromatic carbocycles. The predicted molar refractivity (Wildman–Crippen MR) is 67.3 cm³/mol. The SMILES string of the molecule is O=C(O)[C@H]1CCCN(C(=O)NCCCC2CC2)C1. The molecule has 0 aromatic heterocycles. The standard InChI is InChI=1S/C13H22N2O3/c16-12(17)11-4-2-8-15(9-11)13(18)14-7-1-3-10-5-6-10/h10-11H,1-9H2,(H,14,18)(H,16,17)/t11-/m0/s1. The van der Waals surface area contributed by atoms with Crippen LogP contribution in [0.3, 0.4) is 0 Å². The molecule has 102 valence electrons. The predicted octanol–water partition coefficient (Wildman–Crippen LogP) is 1.68. The molecule has 1 aliphatic carbocycles. The summed E-state index contributed by atoms with van der Waals surface area (Å²) in [6.07, 6.45) is 6.40. The molecule has 1 saturated heterocycles. The number of likely N-dealkylation sites (tertiary alicyclic amines) is 1. The van der Waals surface area contributed by atoms with Gasteiger partial charge >= 0.3 is 12.0 Å². The van der Waals surface area contributed by atoms with Crippen LogP contribution in [0.1, 0.15) is 38.5 Å². The number of hydrogen-bond acceptors (Lipinski definition) is 2. The molecule has 0 spiro atoms. The Bertz CT molecular complexity index is 315. The second kappa shape index (κ2) is 6.07. The first-order valence-corrected chi connectivity index (χ1v) is 6.92. The van der Waals surface area contributed by atoms with Crippen LogP contribution in [0.4, 0.5) is 4.79 Å². The maximum Gasteiger partial charge on any atom is 0.317 e. The van der Waals surface area contributed by atoms with E-state index in [2.05, 4.69) is 5.32 Å². The largest absolute Gasteiger partial charge is 0.481 e. The van der Waals surface area contributed by atoms with E-state index in [0.29, 0.717) is 26.1 Å². The van der Waals surface area contributed by atoms with Gasteiger partial charge in [-0.25, -0.2) is 4.79 Å². The molecule has 2 amide bonds. The van der Waals surface area contributed by atoms with Gasteiger partial charge in [0.1, 0.15) is 0 Å². The molecule has 18 heavy (non-hydrogen) atoms. The number of carbonyl (C=O) groups excluding carboxylic acids is 1. The fraction of sp³-hybridized carbons (Fsp3) is 0.846. The van der Waals surface area contributed by atoms with Crippen LogP contribution in [0.5, 0.6) is 0 Å². The van der Waals surface area contributed by atoms with Crippen LogP contribution >= 0.6 is 0 Å². The first kappa shape index (κ1) is 13.2. The Morgan fingerprint density at radius 3 is 2.72 bits per heavy atom. The highest BCUT2D eigenvalue weighted by Gasteiger charge is 2.28. The quantitative estimate of drug-likeness (QED) is 0.733. The number of amides is 2. The Kier molecular flexibility index (Phi) is 4.44. The van der Waals surface area contributed by atoms with Gasteiger partial charge in [-0.05, 0) is 31.6 Å². The van der Waals surface area contributed by atoms with Crippen molar-refractivity contribution in [2.75, 3.05) is 19.6 Å². The van der Waals surface area contributed by atoms with Gasteiger partial charge in [-0.2, -0.15) is 0 Å². The van der Waals surface area contributed by atoms with Gasteiger partial charge in [-0.3, -0.25) is 4.79 Å². The highest BCUT2D eigenvalue weighted by molar-refractivity contribution is 5.76. The number of piperidine rings is 1. The monoisotopic (exact) mass is 254 g/mol. The molecule has 0 unspecified atom stereocenters. The van der Waals surface area contributed by atoms with Gasteiger partial charge < -0.3 is 15.3 Å². The summed E-state index contributed by atoms with van der Waals surface area (Å²) in [7, 11) is 0. The van der Waals surface area contributed by atoms with Crippen LogP contribution in [0.15, 0.2) is 0 Å². The lowest BCUT2D eigenvalue weighted by atomic mass is 9.99. The number of carboxylic acids is 1. The molecule has 2 N–H and O–H groups in total. The van der Waals surface area contributed by atoms with E-state index in [4.69, 9.17) is 5.11 Å². The lowest BCUT2D eigenvalue weighted by Gasteiger charge is -2.30. The van der Waals surface area contributed by atoms with E-state index in [1.807, 2.05) is 0 Å². The number of nitrogens with zero attached hydrogens (tertiary/aromatic N) is 1. The van der Waals surface area contributed by atoms with Crippen molar-refractivity contribution in [1.82, 2.24) is 10.2 Å². The normalized spacial score (nSPS) is 23.8. The molecule has 1 saturated carbocycles. The van der Waals surface area contributed by atoms with Crippen LogP contribution in [0.2, 0.25) is 0 Å². The van der Waals surface area contributed by atoms with E-state index in [1.54, 1.807) is 4.90 Å². The third-order valence-electron chi connectivity index (χ3n) is 3.82. The van der Waals surface area contributed by atoms with Gasteiger partial charge in [-0.1, -0.05) is 12.8 Å². The van der Waals surface area contributed by atoms with Crippen LogP contribution in [0, 0.1) is 11.8 Å². The number of nitrogens with one attached hydrogen (secondary N) is 1. The van der Waals surface area contributed by atoms with Crippen molar-refractivity contribution in [3.63, 3.8) is 0 Å². The minimum Gasteiger partial charge on any atom is -0.481 e. The second-order valence-electron chi connectivity index (χ2n) is 5.44. The fourth-order valence-electron chi connectivity index (χ4n) is 2.47. The molecule has 5 nitrogen and oxygen atoms in total. The highest BCUT2D eigenvalue weighted by atomic mass is 16.4. The Balaban J connectivity index is 1.65. The van der Waals surface area contributed by atoms with E-state index in [0.717, 1.165) is 18.8 Å². The lowest BCUT2D eigenvalue weighted by molar-refractivity contribution is -0.143. The summed E-state index contributed by atoms with van der Waals surface area (Å²) >= 11 is 0. The Morgan fingerprint density at radius 1 is 1.28 bits per heavy atom. The summed E-state index contributed by atoms with van der Waals surface area (Å²) in [4.78, 5) is 24.4. The molecule has 2 fully saturated rings. The zero-order valence-corrected chi connectivity index (χ0v) is 10.7. The van der Waals surface area contributed by atoms with Gasteiger partial charge in [0.25, 0.3) is 0 Å². The summed E-state index contributed by atoms with van der Waals surface area (Å²) in [5.74, 6) is -0.287. The average molecular weight is 254 g/mol. The van der Waals surface area contributed by atoms with Crippen molar-refractivity contribution in [3.05, 3.63) is 0 Å². The molecule has 2 aliphatic rings. The third-order valence-corrected chi connectivity index (χ3v) is 3.82. The number of rotatable bonds is 5. The Morgan fingerprint density at radius 2 is 2.06 bits per heavy atom. The smallest absolute Gasteiger partial charge is 0.317 e. The molecule has 2 rings (SSSR count). The third kappa shape index (κ3) is 3.89. The van der Waals surface area contributed by atoms with Crippen molar-refractivity contribution in [2.45, 2.75) is 38.5 Å². The van der Waals surface area contributed by atoms with Crippen molar-refractivity contribution >= 4 is 12.0 Å². The van der Waals surface area contributed by atoms with E-state index < -0.39 is 11.9 Å². The maximum absolute atomic E-state index is 11.8. The maximum atomic E-state index is 11.8. The molecule has 1 atom stereocenters. The van der Waals surface area contributed by atoms with E-state index in [1.165, 1.54) is 19.3 Å². The molecule has 0 radical (unpaired) electrons. The van der Waals surface area contributed by atoms with Gasteiger partial charge in [0.2, 0.25) is 0 Å². The van der Waals surface area contributed by atoms with E-state index in [9.17, 15) is 9.59 Å². The molecular formula is C13H22N2O3. The number of carboxylic acid groups (broad SMARTS) is 1. The molecule has 0 aromatic rings. The van der Waals surface area contributed by atoms with Crippen molar-refractivity contribution in [1.29, 1.82) is 0 Å². The van der Waals surface area contributed by atoms with Crippen LogP contribution < -0.4 is 5.32 Å². The number of urea groups is 1. The molecule has 1 heterocycles. The first-order chi connectivity index (χ1) is 8.66. The van der Waals surface area contributed by atoms with Gasteiger partial charge in [0.15, 0.2) is 0 Å². The lowest BCUT2D eigenvalue weighted by Crippen LogP contribution is -2.47. The molecular weight excluding hydrogens is 232 g/mol. The minimum atomic E-state index is -0.791. The van der Waals surface area contributed by atoms with Crippen LogP contribution in [0.25, 0.3) is 0 Å². The number of carbonyl (C=O) groups is 2. The Labute approximate surface area is 108 Å². The fourth-order valence-corrected chi connectivity index (χ4v) is 2.47. The van der Waals surface area contributed by atoms with Crippen molar-refractivity contribution in [3.8, 4) is 0 Å². The van der Waals surface area contributed by atoms with Crippen molar-refractivity contribution < 1.29 is 14.7 Å². The van der Waals surface area contributed by atoms with Gasteiger partial charge in [0.05, 0.1) is 5.92 Å². The topological polar surface area (TPSA) is 69.6 Å². The zero-order valence-electron chi connectivity index (χ0n) is 10.7. The average Bonchev–Trinajstić information content (AvgIpc) is 3.18. The summed E-state index contributed by atoms with van der Waals surface area (Å²) < 4.78 is 0. The minimum absolute atomic E-state index is 0.100. The van der Waals surface area contributed by atoms with Crippen LogP contribution in [-0.4, -0.2) is 41.6 Å². The van der Waals surface area contributed by atoms with E-state index in [-0.39, 0.29) is 6.03 Å². The summed E-state index contributed by atoms with van der Waals surface area (Å²) in [6.45, 7) is 1.74. The summed E-state index contributed by atoms with van der Waals surface area (Å²) in [5, 5.41) is 11.9. The first-order valence-electron chi connectivity index (χ1n) is 6.92. The summed E-state index contributed by atoms with van der Waals surface area (Å²) in [5.41, 5.74) is 0. The van der Waals surface area contributed by atoms with Gasteiger partial charge in [0, 0.05) is 19.6 Å². The van der Waals surface area contributed by atoms with E-state index >= 15 is 0 Å². The van der Waals surface area contributed by atoms with Gasteiger partial charge in [-0.15, -0.1) is 0 Å². The Hall–Kier alpha value is -1.26. The zero-order chi connectivity index (χ0) is 13.0. The molecule has 0 bridgehead atoms. The number of aliphatic carboxylic acids is 1. The summed E-state index contributed by atoms with van der Waals surface area (Å²) in [6, 6.07) is -0.100. The van der Waals surface area contributed by atoms with Crippen LogP contribution in [-0.2, 0) is 4.79 Å². The molecule has 1 aliphatic heterocycles. The second-order valence-corrected chi connectivity index (χ2v) is 5.44. The highest BCUT2D eigenvalue weighted by Crippen LogP contribution is 2.33.